The van der Waals surface area contributed by atoms with Gasteiger partial charge in [-0.1, -0.05) is 57.8 Å². The predicted molar refractivity (Wildman–Crippen MR) is 70.6 cm³/mol. The molecule has 0 amide bonds. The molecule has 2 rings (SSSR count). The molecule has 2 aliphatic rings. The molecule has 0 heterocycles. The lowest BCUT2D eigenvalue weighted by molar-refractivity contribution is 0.228. The molecule has 94 valence electrons. The van der Waals surface area contributed by atoms with Crippen molar-refractivity contribution in [3.05, 3.63) is 0 Å². The highest BCUT2D eigenvalue weighted by Gasteiger charge is 2.27. The van der Waals surface area contributed by atoms with E-state index >= 15 is 0 Å². The molecule has 0 aromatic carbocycles. The summed E-state index contributed by atoms with van der Waals surface area (Å²) in [6.07, 6.45) is 15.1. The Morgan fingerprint density at radius 2 is 1.56 bits per heavy atom. The standard InChI is InChI=1S/C15H29N/c1-16-12-15(14-9-5-6-10-14)11-13-7-3-2-4-8-13/h13-16H,2-12H2,1H3. The zero-order valence-electron chi connectivity index (χ0n) is 11.0. The maximum Gasteiger partial charge on any atom is -0.00208 e. The van der Waals surface area contributed by atoms with Crippen LogP contribution in [0, 0.1) is 17.8 Å². The molecule has 2 saturated carbocycles. The Morgan fingerprint density at radius 1 is 0.938 bits per heavy atom. The van der Waals surface area contributed by atoms with Crippen LogP contribution in [-0.2, 0) is 0 Å². The monoisotopic (exact) mass is 223 g/mol. The molecule has 2 fully saturated rings. The molecule has 0 radical (unpaired) electrons. The second kappa shape index (κ2) is 6.64. The van der Waals surface area contributed by atoms with Crippen LogP contribution < -0.4 is 5.32 Å². The fourth-order valence-corrected chi connectivity index (χ4v) is 3.98. The smallest absolute Gasteiger partial charge is 0.00208 e. The van der Waals surface area contributed by atoms with Crippen molar-refractivity contribution in [2.24, 2.45) is 17.8 Å². The average molecular weight is 223 g/mol. The highest BCUT2D eigenvalue weighted by atomic mass is 14.8. The molecule has 0 saturated heterocycles. The van der Waals surface area contributed by atoms with Crippen LogP contribution in [0.3, 0.4) is 0 Å². The lowest BCUT2D eigenvalue weighted by atomic mass is 9.78. The van der Waals surface area contributed by atoms with Crippen molar-refractivity contribution in [1.82, 2.24) is 5.32 Å². The van der Waals surface area contributed by atoms with Crippen LogP contribution in [-0.4, -0.2) is 13.6 Å². The van der Waals surface area contributed by atoms with Crippen LogP contribution in [0.1, 0.15) is 64.2 Å². The molecule has 1 heteroatoms. The van der Waals surface area contributed by atoms with Crippen molar-refractivity contribution in [2.75, 3.05) is 13.6 Å². The summed E-state index contributed by atoms with van der Waals surface area (Å²) in [5.74, 6) is 3.10. The predicted octanol–water partition coefficient (Wildman–Crippen LogP) is 3.98. The Labute approximate surface area is 101 Å². The maximum absolute atomic E-state index is 3.43. The van der Waals surface area contributed by atoms with Crippen molar-refractivity contribution in [2.45, 2.75) is 64.2 Å². The summed E-state index contributed by atoms with van der Waals surface area (Å²) in [4.78, 5) is 0. The van der Waals surface area contributed by atoms with Gasteiger partial charge in [0.2, 0.25) is 0 Å². The van der Waals surface area contributed by atoms with Gasteiger partial charge < -0.3 is 5.32 Å². The maximum atomic E-state index is 3.43. The average Bonchev–Trinajstić information content (AvgIpc) is 2.83. The molecule has 16 heavy (non-hydrogen) atoms. The van der Waals surface area contributed by atoms with E-state index in [4.69, 9.17) is 0 Å². The Morgan fingerprint density at radius 3 is 2.19 bits per heavy atom. The molecule has 0 aromatic rings. The summed E-state index contributed by atoms with van der Waals surface area (Å²) >= 11 is 0. The zero-order chi connectivity index (χ0) is 11.2. The minimum absolute atomic E-state index is 0.982. The van der Waals surface area contributed by atoms with E-state index in [9.17, 15) is 0 Å². The van der Waals surface area contributed by atoms with E-state index in [2.05, 4.69) is 12.4 Å². The van der Waals surface area contributed by atoms with E-state index in [0.29, 0.717) is 0 Å². The zero-order valence-corrected chi connectivity index (χ0v) is 11.0. The van der Waals surface area contributed by atoms with Crippen molar-refractivity contribution >= 4 is 0 Å². The van der Waals surface area contributed by atoms with Crippen molar-refractivity contribution < 1.29 is 0 Å². The van der Waals surface area contributed by atoms with Crippen LogP contribution in [0.4, 0.5) is 0 Å². The van der Waals surface area contributed by atoms with E-state index in [0.717, 1.165) is 17.8 Å². The summed E-state index contributed by atoms with van der Waals surface area (Å²) in [5.41, 5.74) is 0. The van der Waals surface area contributed by atoms with Crippen LogP contribution in [0.2, 0.25) is 0 Å². The first-order valence-corrected chi connectivity index (χ1v) is 7.54. The minimum atomic E-state index is 0.982. The molecule has 0 bridgehead atoms. The van der Waals surface area contributed by atoms with Crippen LogP contribution in [0.15, 0.2) is 0 Å². The van der Waals surface area contributed by atoms with Gasteiger partial charge in [0, 0.05) is 0 Å². The van der Waals surface area contributed by atoms with E-state index in [1.165, 1.54) is 70.8 Å². The Bertz CT molecular complexity index is 178. The molecule has 1 nitrogen and oxygen atoms in total. The Kier molecular flexibility index (Phi) is 5.15. The number of hydrogen-bond acceptors (Lipinski definition) is 1. The summed E-state index contributed by atoms with van der Waals surface area (Å²) < 4.78 is 0. The number of hydrogen-bond donors (Lipinski definition) is 1. The van der Waals surface area contributed by atoms with Crippen LogP contribution in [0.5, 0.6) is 0 Å². The first-order chi connectivity index (χ1) is 7.90. The lowest BCUT2D eigenvalue weighted by Gasteiger charge is -2.30. The molecular weight excluding hydrogens is 194 g/mol. The van der Waals surface area contributed by atoms with E-state index in [-0.39, 0.29) is 0 Å². The summed E-state index contributed by atoms with van der Waals surface area (Å²) in [6, 6.07) is 0. The summed E-state index contributed by atoms with van der Waals surface area (Å²) in [6.45, 7) is 1.27. The van der Waals surface area contributed by atoms with Crippen molar-refractivity contribution in [3.63, 3.8) is 0 Å². The highest BCUT2D eigenvalue weighted by molar-refractivity contribution is 4.80. The molecule has 2 aliphatic carbocycles. The third kappa shape index (κ3) is 3.48. The van der Waals surface area contributed by atoms with Gasteiger partial charge in [-0.25, -0.2) is 0 Å². The first-order valence-electron chi connectivity index (χ1n) is 7.54. The van der Waals surface area contributed by atoms with Crippen molar-refractivity contribution in [1.29, 1.82) is 0 Å². The van der Waals surface area contributed by atoms with Gasteiger partial charge in [-0.2, -0.15) is 0 Å². The van der Waals surface area contributed by atoms with Crippen molar-refractivity contribution in [3.8, 4) is 0 Å². The quantitative estimate of drug-likeness (QED) is 0.743. The Hall–Kier alpha value is -0.0400. The molecular formula is C15H29N. The van der Waals surface area contributed by atoms with Gasteiger partial charge in [-0.15, -0.1) is 0 Å². The van der Waals surface area contributed by atoms with Gasteiger partial charge in [0.25, 0.3) is 0 Å². The van der Waals surface area contributed by atoms with Crippen LogP contribution >= 0.6 is 0 Å². The lowest BCUT2D eigenvalue weighted by Crippen LogP contribution is -2.27. The molecule has 1 unspecified atom stereocenters. The van der Waals surface area contributed by atoms with Gasteiger partial charge in [-0.3, -0.25) is 0 Å². The van der Waals surface area contributed by atoms with E-state index in [1.807, 2.05) is 0 Å². The van der Waals surface area contributed by atoms with E-state index in [1.54, 1.807) is 0 Å². The highest BCUT2D eigenvalue weighted by Crippen LogP contribution is 2.37. The third-order valence-corrected chi connectivity index (χ3v) is 4.89. The summed E-state index contributed by atoms with van der Waals surface area (Å²) in [5, 5.41) is 3.43. The number of nitrogens with one attached hydrogen (secondary N) is 1. The topological polar surface area (TPSA) is 12.0 Å². The normalized spacial score (nSPS) is 26.1. The molecule has 1 atom stereocenters. The third-order valence-electron chi connectivity index (χ3n) is 4.89. The van der Waals surface area contributed by atoms with Crippen LogP contribution in [0.25, 0.3) is 0 Å². The first kappa shape index (κ1) is 12.4. The second-order valence-corrected chi connectivity index (χ2v) is 6.10. The SMILES string of the molecule is CNCC(CC1CCCCC1)C1CCCC1. The Balaban J connectivity index is 1.80. The van der Waals surface area contributed by atoms with Gasteiger partial charge in [-0.05, 0) is 37.8 Å². The largest absolute Gasteiger partial charge is 0.319 e. The molecule has 0 aliphatic heterocycles. The van der Waals surface area contributed by atoms with Gasteiger partial charge in [0.05, 0.1) is 0 Å². The minimum Gasteiger partial charge on any atom is -0.319 e. The molecule has 1 N–H and O–H groups in total. The van der Waals surface area contributed by atoms with Gasteiger partial charge in [0.1, 0.15) is 0 Å². The molecule has 0 aromatic heterocycles. The summed E-state index contributed by atoms with van der Waals surface area (Å²) in [7, 11) is 2.13. The molecule has 0 spiro atoms. The van der Waals surface area contributed by atoms with E-state index < -0.39 is 0 Å². The van der Waals surface area contributed by atoms with Gasteiger partial charge >= 0.3 is 0 Å². The fraction of sp³-hybridized carbons (Fsp3) is 1.00. The fourth-order valence-electron chi connectivity index (χ4n) is 3.98. The number of rotatable bonds is 5. The van der Waals surface area contributed by atoms with Gasteiger partial charge in [0.15, 0.2) is 0 Å². The second-order valence-electron chi connectivity index (χ2n) is 6.10.